The lowest BCUT2D eigenvalue weighted by molar-refractivity contribution is -0.145. The molecule has 0 aromatic heterocycles. The van der Waals surface area contributed by atoms with Gasteiger partial charge in [0.1, 0.15) is 23.2 Å². The zero-order chi connectivity index (χ0) is 25.4. The van der Waals surface area contributed by atoms with E-state index >= 15 is 0 Å². The lowest BCUT2D eigenvalue weighted by Crippen LogP contribution is -2.61. The predicted molar refractivity (Wildman–Crippen MR) is 123 cm³/mol. The van der Waals surface area contributed by atoms with Gasteiger partial charge in [0.15, 0.2) is 0 Å². The molecule has 1 saturated heterocycles. The molecule has 4 amide bonds. The van der Waals surface area contributed by atoms with Gasteiger partial charge in [-0.2, -0.15) is 0 Å². The van der Waals surface area contributed by atoms with Gasteiger partial charge in [-0.25, -0.2) is 9.59 Å². The fourth-order valence-electron chi connectivity index (χ4n) is 3.01. The van der Waals surface area contributed by atoms with Gasteiger partial charge >= 0.3 is 12.1 Å². The van der Waals surface area contributed by atoms with Crippen molar-refractivity contribution in [3.05, 3.63) is 0 Å². The molecule has 0 aromatic carbocycles. The molecule has 0 radical (unpaired) electrons. The Kier molecular flexibility index (Phi) is 10.5. The molecule has 1 rings (SSSR count). The van der Waals surface area contributed by atoms with Crippen molar-refractivity contribution in [2.24, 2.45) is 0 Å². The van der Waals surface area contributed by atoms with Crippen molar-refractivity contribution < 1.29 is 33.4 Å². The zero-order valence-corrected chi connectivity index (χ0v) is 21.2. The summed E-state index contributed by atoms with van der Waals surface area (Å²) < 4.78 is 10.1. The third kappa shape index (κ3) is 9.48. The summed E-state index contributed by atoms with van der Waals surface area (Å²) in [6.07, 6.45) is 0.511. The van der Waals surface area contributed by atoms with Crippen LogP contribution >= 0.6 is 11.8 Å². The summed E-state index contributed by atoms with van der Waals surface area (Å²) in [5.74, 6) is -1.50. The molecule has 0 unspecified atom stereocenters. The second-order valence-corrected chi connectivity index (χ2v) is 10.3. The van der Waals surface area contributed by atoms with Crippen LogP contribution in [0.1, 0.15) is 54.4 Å². The lowest BCUT2D eigenvalue weighted by atomic mass is 10.0. The highest BCUT2D eigenvalue weighted by atomic mass is 32.2. The van der Waals surface area contributed by atoms with E-state index in [1.54, 1.807) is 20.8 Å². The molecule has 0 saturated carbocycles. The van der Waals surface area contributed by atoms with Crippen LogP contribution in [0, 0.1) is 0 Å². The number of esters is 1. The second kappa shape index (κ2) is 12.1. The van der Waals surface area contributed by atoms with Crippen LogP contribution in [0.4, 0.5) is 4.79 Å². The van der Waals surface area contributed by atoms with Gasteiger partial charge < -0.3 is 25.4 Å². The first-order valence-electron chi connectivity index (χ1n) is 10.7. The number of rotatable bonds is 9. The third-order valence-electron chi connectivity index (χ3n) is 4.69. The maximum absolute atomic E-state index is 12.9. The van der Waals surface area contributed by atoms with Crippen molar-refractivity contribution in [3.63, 3.8) is 0 Å². The topological polar surface area (TPSA) is 143 Å². The molecule has 1 fully saturated rings. The van der Waals surface area contributed by atoms with Crippen molar-refractivity contribution in [3.8, 4) is 0 Å². The van der Waals surface area contributed by atoms with E-state index in [0.29, 0.717) is 19.4 Å². The molecule has 0 spiro atoms. The summed E-state index contributed by atoms with van der Waals surface area (Å²) in [7, 11) is 1.21. The molecule has 0 bridgehead atoms. The third-order valence-corrected chi connectivity index (χ3v) is 5.60. The van der Waals surface area contributed by atoms with Crippen LogP contribution in [0.3, 0.4) is 0 Å². The van der Waals surface area contributed by atoms with Gasteiger partial charge in [-0.15, -0.1) is 11.8 Å². The Morgan fingerprint density at radius 1 is 1.12 bits per heavy atom. The highest BCUT2D eigenvalue weighted by Crippen LogP contribution is 2.22. The Balaban J connectivity index is 2.77. The Hall–Kier alpha value is -2.50. The van der Waals surface area contributed by atoms with Crippen LogP contribution in [0.2, 0.25) is 0 Å². The highest BCUT2D eigenvalue weighted by molar-refractivity contribution is 7.99. The molecule has 0 aliphatic carbocycles. The van der Waals surface area contributed by atoms with Crippen molar-refractivity contribution in [2.75, 3.05) is 25.3 Å². The van der Waals surface area contributed by atoms with Gasteiger partial charge in [-0.3, -0.25) is 19.3 Å². The number of methoxy groups -OCH3 is 1. The lowest BCUT2D eigenvalue weighted by Gasteiger charge is -2.31. The Morgan fingerprint density at radius 3 is 2.30 bits per heavy atom. The molecule has 1 aliphatic rings. The van der Waals surface area contributed by atoms with E-state index in [-0.39, 0.29) is 17.5 Å². The van der Waals surface area contributed by atoms with Crippen molar-refractivity contribution in [2.45, 2.75) is 77.6 Å². The summed E-state index contributed by atoms with van der Waals surface area (Å²) in [5.41, 5.74) is -2.06. The second-order valence-electron chi connectivity index (χ2n) is 9.24. The van der Waals surface area contributed by atoms with E-state index in [0.717, 1.165) is 0 Å². The maximum atomic E-state index is 12.9. The van der Waals surface area contributed by atoms with Crippen molar-refractivity contribution in [1.29, 1.82) is 0 Å². The van der Waals surface area contributed by atoms with Gasteiger partial charge in [0, 0.05) is 19.2 Å². The average molecular weight is 489 g/mol. The fraction of sp³-hybridized carbons (Fsp3) is 0.762. The number of hydrogen-bond donors (Lipinski definition) is 3. The van der Waals surface area contributed by atoms with Gasteiger partial charge in [-0.05, 0) is 47.5 Å². The molecule has 33 heavy (non-hydrogen) atoms. The van der Waals surface area contributed by atoms with Crippen LogP contribution < -0.4 is 16.0 Å². The molecule has 1 aliphatic heterocycles. The molecule has 0 aromatic rings. The normalized spacial score (nSPS) is 17.1. The van der Waals surface area contributed by atoms with Crippen LogP contribution in [0.25, 0.3) is 0 Å². The molecule has 1 heterocycles. The highest BCUT2D eigenvalue weighted by Gasteiger charge is 2.40. The van der Waals surface area contributed by atoms with E-state index in [9.17, 15) is 24.0 Å². The largest absolute Gasteiger partial charge is 0.467 e. The number of amides is 4. The van der Waals surface area contributed by atoms with E-state index in [1.807, 2.05) is 0 Å². The zero-order valence-electron chi connectivity index (χ0n) is 20.4. The standard InChI is InChI=1S/C21H36N4O7S/c1-13(26)22-12-33-11-14(17(28)31-7)23-18(29)21(5,6)24-16(27)15-9-8-10-25(15)19(30)32-20(2,3)4/h14-15H,8-12H2,1-7H3,(H,22,26)(H,23,29)(H,24,27)/t14-,15+/m0/s1. The van der Waals surface area contributed by atoms with Gasteiger partial charge in [0.2, 0.25) is 17.7 Å². The minimum Gasteiger partial charge on any atom is -0.467 e. The summed E-state index contributed by atoms with van der Waals surface area (Å²) >= 11 is 1.24. The van der Waals surface area contributed by atoms with Crippen molar-refractivity contribution in [1.82, 2.24) is 20.9 Å². The number of ether oxygens (including phenoxy) is 2. The number of hydrogen-bond acceptors (Lipinski definition) is 8. The SMILES string of the molecule is COC(=O)[C@H](CSCNC(C)=O)NC(=O)C(C)(C)NC(=O)[C@H]1CCCN1C(=O)OC(C)(C)C. The number of nitrogens with zero attached hydrogens (tertiary/aromatic N) is 1. The van der Waals surface area contributed by atoms with E-state index in [2.05, 4.69) is 16.0 Å². The summed E-state index contributed by atoms with van der Waals surface area (Å²) in [6.45, 7) is 10.0. The molecular weight excluding hydrogens is 452 g/mol. The number of nitrogens with one attached hydrogen (secondary N) is 3. The van der Waals surface area contributed by atoms with Gasteiger partial charge in [0.05, 0.1) is 13.0 Å². The molecular formula is C21H36N4O7S. The number of likely N-dealkylation sites (tertiary alicyclic amines) is 1. The van der Waals surface area contributed by atoms with Crippen LogP contribution in [0.15, 0.2) is 0 Å². The molecule has 12 heteroatoms. The molecule has 188 valence electrons. The first kappa shape index (κ1) is 28.5. The average Bonchev–Trinajstić information content (AvgIpc) is 3.18. The summed E-state index contributed by atoms with van der Waals surface area (Å²) in [4.78, 5) is 62.7. The van der Waals surface area contributed by atoms with Gasteiger partial charge in [0.25, 0.3) is 0 Å². The summed E-state index contributed by atoms with van der Waals surface area (Å²) in [5, 5.41) is 7.85. The fourth-order valence-corrected chi connectivity index (χ4v) is 3.88. The Labute approximate surface area is 199 Å². The maximum Gasteiger partial charge on any atom is 0.410 e. The molecule has 11 nitrogen and oxygen atoms in total. The van der Waals surface area contributed by atoms with Crippen LogP contribution in [-0.4, -0.2) is 83.2 Å². The molecule has 2 atom stereocenters. The van der Waals surface area contributed by atoms with E-state index < -0.39 is 47.1 Å². The first-order valence-corrected chi connectivity index (χ1v) is 11.9. The Morgan fingerprint density at radius 2 is 1.76 bits per heavy atom. The molecule has 3 N–H and O–H groups in total. The quantitative estimate of drug-likeness (QED) is 0.245. The van der Waals surface area contributed by atoms with Crippen LogP contribution in [0.5, 0.6) is 0 Å². The summed E-state index contributed by atoms with van der Waals surface area (Å²) in [6, 6.07) is -1.72. The van der Waals surface area contributed by atoms with Gasteiger partial charge in [-0.1, -0.05) is 0 Å². The smallest absolute Gasteiger partial charge is 0.410 e. The number of thioether (sulfide) groups is 1. The monoisotopic (exact) mass is 488 g/mol. The van der Waals surface area contributed by atoms with Crippen LogP contribution in [-0.2, 0) is 28.7 Å². The minimum atomic E-state index is -1.37. The Bertz CT molecular complexity index is 751. The van der Waals surface area contributed by atoms with Crippen molar-refractivity contribution >= 4 is 41.5 Å². The first-order chi connectivity index (χ1) is 15.2. The predicted octanol–water partition coefficient (Wildman–Crippen LogP) is 0.765. The van der Waals surface area contributed by atoms with E-state index in [1.165, 1.54) is 44.5 Å². The number of carbonyl (C=O) groups excluding carboxylic acids is 5. The minimum absolute atomic E-state index is 0.164. The number of carbonyl (C=O) groups is 5. The van der Waals surface area contributed by atoms with E-state index in [4.69, 9.17) is 9.47 Å².